The van der Waals surface area contributed by atoms with Gasteiger partial charge in [0.2, 0.25) is 0 Å². The summed E-state index contributed by atoms with van der Waals surface area (Å²) in [6.45, 7) is 3.14. The van der Waals surface area contributed by atoms with Crippen molar-refractivity contribution in [2.75, 3.05) is 13.2 Å². The molecule has 0 spiro atoms. The molecule has 0 aliphatic carbocycles. The fourth-order valence-corrected chi connectivity index (χ4v) is 3.14. The van der Waals surface area contributed by atoms with Crippen LogP contribution in [0.3, 0.4) is 0 Å². The van der Waals surface area contributed by atoms with Gasteiger partial charge in [0.25, 0.3) is 0 Å². The van der Waals surface area contributed by atoms with E-state index >= 15 is 0 Å². The number of hydrogen-bond acceptors (Lipinski definition) is 5. The van der Waals surface area contributed by atoms with Gasteiger partial charge in [-0.2, -0.15) is 5.10 Å². The molecule has 23 heavy (non-hydrogen) atoms. The fourth-order valence-electron chi connectivity index (χ4n) is 2.50. The third-order valence-corrected chi connectivity index (χ3v) is 4.32. The van der Waals surface area contributed by atoms with Gasteiger partial charge in [-0.15, -0.1) is 11.3 Å². The van der Waals surface area contributed by atoms with Crippen LogP contribution in [0.2, 0.25) is 0 Å². The van der Waals surface area contributed by atoms with Gasteiger partial charge in [-0.3, -0.25) is 14.6 Å². The second kappa shape index (κ2) is 8.01. The Morgan fingerprint density at radius 1 is 1.09 bits per heavy atom. The van der Waals surface area contributed by atoms with E-state index in [0.29, 0.717) is 6.54 Å². The Labute approximate surface area is 139 Å². The van der Waals surface area contributed by atoms with Crippen LogP contribution in [0.1, 0.15) is 16.0 Å². The highest BCUT2D eigenvalue weighted by Gasteiger charge is 2.09. The lowest BCUT2D eigenvalue weighted by molar-refractivity contribution is 0.185. The number of thiazole rings is 1. The number of aliphatic hydroxyl groups excluding tert-OH is 1. The molecule has 3 rings (SSSR count). The average Bonchev–Trinajstić information content (AvgIpc) is 3.21. The average molecular weight is 328 g/mol. The van der Waals surface area contributed by atoms with E-state index in [4.69, 9.17) is 0 Å². The largest absolute Gasteiger partial charge is 0.395 e. The maximum Gasteiger partial charge on any atom is 0.0794 e. The first kappa shape index (κ1) is 15.9. The van der Waals surface area contributed by atoms with Crippen LogP contribution in [-0.2, 0) is 19.6 Å². The Hall–Kier alpha value is -2.02. The first-order valence-corrected chi connectivity index (χ1v) is 8.47. The highest BCUT2D eigenvalue weighted by atomic mass is 32.1. The molecule has 1 aromatic carbocycles. The predicted octanol–water partition coefficient (Wildman–Crippen LogP) is 2.38. The summed E-state index contributed by atoms with van der Waals surface area (Å²) in [5.41, 5.74) is 4.22. The second-order valence-corrected chi connectivity index (χ2v) is 6.40. The standard InChI is InChI=1S/C17H20N4OS/c22-7-6-20(13-17-9-18-14-23-17)10-16-8-19-21(12-16)11-15-4-2-1-3-5-15/h1-5,8-9,12,14,22H,6-7,10-11,13H2. The molecule has 0 unspecified atom stereocenters. The van der Waals surface area contributed by atoms with Crippen molar-refractivity contribution in [2.24, 2.45) is 0 Å². The van der Waals surface area contributed by atoms with E-state index in [1.54, 1.807) is 11.3 Å². The molecule has 120 valence electrons. The minimum Gasteiger partial charge on any atom is -0.395 e. The van der Waals surface area contributed by atoms with E-state index < -0.39 is 0 Å². The number of benzene rings is 1. The Morgan fingerprint density at radius 2 is 1.96 bits per heavy atom. The highest BCUT2D eigenvalue weighted by Crippen LogP contribution is 2.13. The summed E-state index contributed by atoms with van der Waals surface area (Å²) >= 11 is 1.64. The second-order valence-electron chi connectivity index (χ2n) is 5.43. The lowest BCUT2D eigenvalue weighted by Gasteiger charge is -2.19. The number of rotatable bonds is 8. The summed E-state index contributed by atoms with van der Waals surface area (Å²) < 4.78 is 1.95. The Bertz CT molecular complexity index is 696. The molecule has 0 fully saturated rings. The zero-order chi connectivity index (χ0) is 15.9. The third-order valence-electron chi connectivity index (χ3n) is 3.56. The van der Waals surface area contributed by atoms with Crippen LogP contribution in [0.4, 0.5) is 0 Å². The summed E-state index contributed by atoms with van der Waals surface area (Å²) in [7, 11) is 0. The molecule has 2 heterocycles. The summed E-state index contributed by atoms with van der Waals surface area (Å²) in [4.78, 5) is 7.52. The molecule has 0 atom stereocenters. The maximum atomic E-state index is 9.27. The molecule has 0 aliphatic rings. The van der Waals surface area contributed by atoms with Crippen LogP contribution in [0.25, 0.3) is 0 Å². The van der Waals surface area contributed by atoms with Crippen LogP contribution < -0.4 is 0 Å². The van der Waals surface area contributed by atoms with E-state index in [0.717, 1.165) is 25.2 Å². The van der Waals surface area contributed by atoms with Gasteiger partial charge in [0.15, 0.2) is 0 Å². The molecule has 0 aliphatic heterocycles. The third kappa shape index (κ3) is 4.72. The van der Waals surface area contributed by atoms with Gasteiger partial charge in [0.1, 0.15) is 0 Å². The van der Waals surface area contributed by atoms with Gasteiger partial charge in [-0.25, -0.2) is 0 Å². The van der Waals surface area contributed by atoms with Gasteiger partial charge < -0.3 is 5.11 Å². The molecular formula is C17H20N4OS. The van der Waals surface area contributed by atoms with Gasteiger partial charge in [-0.1, -0.05) is 30.3 Å². The monoisotopic (exact) mass is 328 g/mol. The van der Waals surface area contributed by atoms with Crippen molar-refractivity contribution >= 4 is 11.3 Å². The molecule has 0 saturated heterocycles. The number of nitrogens with zero attached hydrogens (tertiary/aromatic N) is 4. The lowest BCUT2D eigenvalue weighted by Crippen LogP contribution is -2.25. The van der Waals surface area contributed by atoms with Crippen LogP contribution >= 0.6 is 11.3 Å². The van der Waals surface area contributed by atoms with Crippen molar-refractivity contribution in [3.05, 3.63) is 70.4 Å². The van der Waals surface area contributed by atoms with Crippen LogP contribution in [-0.4, -0.2) is 37.9 Å². The molecule has 1 N–H and O–H groups in total. The van der Waals surface area contributed by atoms with Crippen molar-refractivity contribution in [3.63, 3.8) is 0 Å². The van der Waals surface area contributed by atoms with Crippen molar-refractivity contribution in [1.82, 2.24) is 19.7 Å². The molecule has 0 amide bonds. The van der Waals surface area contributed by atoms with Crippen molar-refractivity contribution in [3.8, 4) is 0 Å². The number of aromatic nitrogens is 3. The molecule has 2 aromatic heterocycles. The van der Waals surface area contributed by atoms with E-state index in [1.807, 2.05) is 40.8 Å². The highest BCUT2D eigenvalue weighted by molar-refractivity contribution is 7.09. The molecule has 0 radical (unpaired) electrons. The first-order valence-electron chi connectivity index (χ1n) is 7.59. The fraction of sp³-hybridized carbons (Fsp3) is 0.294. The Balaban J connectivity index is 1.62. The number of hydrogen-bond donors (Lipinski definition) is 1. The van der Waals surface area contributed by atoms with E-state index in [-0.39, 0.29) is 6.61 Å². The van der Waals surface area contributed by atoms with Gasteiger partial charge in [0.05, 0.1) is 24.9 Å². The SMILES string of the molecule is OCCN(Cc1cnn(Cc2ccccc2)c1)Cc1cncs1. The van der Waals surface area contributed by atoms with E-state index in [2.05, 4.69) is 33.3 Å². The molecule has 0 bridgehead atoms. The zero-order valence-corrected chi connectivity index (χ0v) is 13.7. The summed E-state index contributed by atoms with van der Waals surface area (Å²) in [5.74, 6) is 0. The molecule has 5 nitrogen and oxygen atoms in total. The zero-order valence-electron chi connectivity index (χ0n) is 12.9. The topological polar surface area (TPSA) is 54.2 Å². The molecular weight excluding hydrogens is 308 g/mol. The minimum atomic E-state index is 0.150. The van der Waals surface area contributed by atoms with Crippen LogP contribution in [0, 0.1) is 0 Å². The van der Waals surface area contributed by atoms with E-state index in [9.17, 15) is 5.11 Å². The maximum absolute atomic E-state index is 9.27. The smallest absolute Gasteiger partial charge is 0.0794 e. The van der Waals surface area contributed by atoms with Crippen LogP contribution in [0.5, 0.6) is 0 Å². The van der Waals surface area contributed by atoms with Crippen molar-refractivity contribution < 1.29 is 5.11 Å². The van der Waals surface area contributed by atoms with Gasteiger partial charge in [-0.05, 0) is 5.56 Å². The predicted molar refractivity (Wildman–Crippen MR) is 91.1 cm³/mol. The van der Waals surface area contributed by atoms with Crippen LogP contribution in [0.15, 0.2) is 54.4 Å². The summed E-state index contributed by atoms with van der Waals surface area (Å²) in [6.07, 6.45) is 5.86. The first-order chi connectivity index (χ1) is 11.3. The molecule has 3 aromatic rings. The molecule has 6 heteroatoms. The Kier molecular flexibility index (Phi) is 5.52. The Morgan fingerprint density at radius 3 is 2.70 bits per heavy atom. The quantitative estimate of drug-likeness (QED) is 0.690. The summed E-state index contributed by atoms with van der Waals surface area (Å²) in [6, 6.07) is 10.3. The lowest BCUT2D eigenvalue weighted by atomic mass is 10.2. The van der Waals surface area contributed by atoms with Crippen molar-refractivity contribution in [1.29, 1.82) is 0 Å². The number of aliphatic hydroxyl groups is 1. The minimum absolute atomic E-state index is 0.150. The van der Waals surface area contributed by atoms with Gasteiger partial charge in [0, 0.05) is 42.5 Å². The molecule has 0 saturated carbocycles. The van der Waals surface area contributed by atoms with Gasteiger partial charge >= 0.3 is 0 Å². The van der Waals surface area contributed by atoms with E-state index in [1.165, 1.54) is 10.4 Å². The van der Waals surface area contributed by atoms with Crippen molar-refractivity contribution in [2.45, 2.75) is 19.6 Å². The summed E-state index contributed by atoms with van der Waals surface area (Å²) in [5, 5.41) is 13.7. The normalized spacial score (nSPS) is 11.2.